The number of hydrogen-bond donors (Lipinski definition) is 0. The van der Waals surface area contributed by atoms with Crippen molar-refractivity contribution >= 4 is 5.97 Å². The summed E-state index contributed by atoms with van der Waals surface area (Å²) in [5.74, 6) is -0.256. The second-order valence-corrected chi connectivity index (χ2v) is 3.63. The van der Waals surface area contributed by atoms with E-state index in [-0.39, 0.29) is 5.97 Å². The topological polar surface area (TPSA) is 26.3 Å². The van der Waals surface area contributed by atoms with Gasteiger partial charge in [-0.05, 0) is 19.3 Å². The lowest BCUT2D eigenvalue weighted by Gasteiger charge is -2.05. The maximum Gasteiger partial charge on any atom is 0.333 e. The molecule has 0 bridgehead atoms. The fourth-order valence-electron chi connectivity index (χ4n) is 1.17. The number of carbonyl (C=O) groups excluding carboxylic acids is 1. The molecule has 0 saturated carbocycles. The third-order valence-electron chi connectivity index (χ3n) is 2.17. The van der Waals surface area contributed by atoms with Crippen LogP contribution in [0.3, 0.4) is 0 Å². The number of ether oxygens (including phenoxy) is 1. The minimum absolute atomic E-state index is 0.256. The van der Waals surface area contributed by atoms with E-state index in [1.807, 2.05) is 0 Å². The van der Waals surface area contributed by atoms with Crippen molar-refractivity contribution in [3.8, 4) is 0 Å². The van der Waals surface area contributed by atoms with Crippen molar-refractivity contribution in [3.05, 3.63) is 24.8 Å². The van der Waals surface area contributed by atoms with Crippen LogP contribution in [0.5, 0.6) is 0 Å². The highest BCUT2D eigenvalue weighted by Crippen LogP contribution is 2.06. The van der Waals surface area contributed by atoms with Crippen LogP contribution in [-0.4, -0.2) is 12.6 Å². The molecule has 0 amide bonds. The molecule has 0 spiro atoms. The second kappa shape index (κ2) is 9.50. The van der Waals surface area contributed by atoms with E-state index in [1.165, 1.54) is 12.8 Å². The lowest BCUT2D eigenvalue weighted by atomic mass is 10.1. The van der Waals surface area contributed by atoms with Gasteiger partial charge in [0.15, 0.2) is 0 Å². The van der Waals surface area contributed by atoms with Crippen LogP contribution in [0.15, 0.2) is 24.8 Å². The van der Waals surface area contributed by atoms with Crippen molar-refractivity contribution in [2.24, 2.45) is 0 Å². The van der Waals surface area contributed by atoms with Crippen molar-refractivity contribution in [2.45, 2.75) is 45.4 Å². The number of allylic oxidation sites excluding steroid dienone is 1. The zero-order chi connectivity index (χ0) is 11.5. The second-order valence-electron chi connectivity index (χ2n) is 3.63. The summed E-state index contributed by atoms with van der Waals surface area (Å²) >= 11 is 0. The lowest BCUT2D eigenvalue weighted by molar-refractivity contribution is -0.139. The van der Waals surface area contributed by atoms with E-state index in [2.05, 4.69) is 20.1 Å². The molecule has 0 saturated heterocycles. The van der Waals surface area contributed by atoms with Crippen LogP contribution in [0.25, 0.3) is 0 Å². The van der Waals surface area contributed by atoms with Gasteiger partial charge in [0.25, 0.3) is 0 Å². The molecule has 15 heavy (non-hydrogen) atoms. The number of rotatable bonds is 9. The van der Waals surface area contributed by atoms with Crippen molar-refractivity contribution < 1.29 is 9.53 Å². The number of carbonyl (C=O) groups is 1. The highest BCUT2D eigenvalue weighted by molar-refractivity contribution is 5.87. The summed E-state index contributed by atoms with van der Waals surface area (Å²) in [6, 6.07) is 0. The first kappa shape index (κ1) is 13.9. The molecule has 0 radical (unpaired) electrons. The monoisotopic (exact) mass is 210 g/mol. The zero-order valence-electron chi connectivity index (χ0n) is 9.76. The van der Waals surface area contributed by atoms with Gasteiger partial charge < -0.3 is 4.74 Å². The van der Waals surface area contributed by atoms with Crippen LogP contribution in [0, 0.1) is 0 Å². The van der Waals surface area contributed by atoms with E-state index >= 15 is 0 Å². The minimum Gasteiger partial charge on any atom is -0.462 e. The Bertz CT molecular complexity index is 207. The molecule has 2 nitrogen and oxygen atoms in total. The molecule has 2 heteroatoms. The fraction of sp³-hybridized carbons (Fsp3) is 0.615. The summed E-state index contributed by atoms with van der Waals surface area (Å²) in [6.07, 6.45) is 7.69. The molecule has 0 aromatic heterocycles. The first-order valence-electron chi connectivity index (χ1n) is 5.68. The Morgan fingerprint density at radius 1 is 1.33 bits per heavy atom. The molecule has 0 fully saturated rings. The van der Waals surface area contributed by atoms with Gasteiger partial charge in [-0.3, -0.25) is 0 Å². The van der Waals surface area contributed by atoms with Crippen LogP contribution in [-0.2, 0) is 9.53 Å². The predicted octanol–water partition coefficient (Wildman–Crippen LogP) is 3.63. The summed E-state index contributed by atoms with van der Waals surface area (Å²) in [7, 11) is 0. The molecule has 86 valence electrons. The average Bonchev–Trinajstić information content (AvgIpc) is 2.25. The summed E-state index contributed by atoms with van der Waals surface area (Å²) < 4.78 is 5.07. The molecule has 0 unspecified atom stereocenters. The number of hydrogen-bond acceptors (Lipinski definition) is 2. The first-order valence-corrected chi connectivity index (χ1v) is 5.68. The van der Waals surface area contributed by atoms with Crippen molar-refractivity contribution in [2.75, 3.05) is 6.61 Å². The van der Waals surface area contributed by atoms with Gasteiger partial charge in [-0.15, -0.1) is 6.58 Å². The van der Waals surface area contributed by atoms with Crippen molar-refractivity contribution in [3.63, 3.8) is 0 Å². The molecule has 0 N–H and O–H groups in total. The summed E-state index contributed by atoms with van der Waals surface area (Å²) in [5.41, 5.74) is 0.547. The molecule has 0 rings (SSSR count). The van der Waals surface area contributed by atoms with Gasteiger partial charge >= 0.3 is 5.97 Å². The summed E-state index contributed by atoms with van der Waals surface area (Å²) in [4.78, 5) is 11.3. The zero-order valence-corrected chi connectivity index (χ0v) is 9.76. The Hall–Kier alpha value is -1.05. The maximum absolute atomic E-state index is 11.3. The van der Waals surface area contributed by atoms with Crippen LogP contribution >= 0.6 is 0 Å². The Balaban J connectivity index is 3.47. The summed E-state index contributed by atoms with van der Waals surface area (Å²) in [5, 5.41) is 0. The van der Waals surface area contributed by atoms with Gasteiger partial charge in [-0.1, -0.05) is 38.8 Å². The van der Waals surface area contributed by atoms with E-state index in [4.69, 9.17) is 4.74 Å². The maximum atomic E-state index is 11.3. The first-order chi connectivity index (χ1) is 7.22. The van der Waals surface area contributed by atoms with E-state index in [0.717, 1.165) is 19.3 Å². The number of unbranched alkanes of at least 4 members (excludes halogenated alkanes) is 3. The Morgan fingerprint density at radius 2 is 2.07 bits per heavy atom. The van der Waals surface area contributed by atoms with Crippen LogP contribution in [0.4, 0.5) is 0 Å². The van der Waals surface area contributed by atoms with Gasteiger partial charge in [0.2, 0.25) is 0 Å². The lowest BCUT2D eigenvalue weighted by Crippen LogP contribution is -2.08. The summed E-state index contributed by atoms with van der Waals surface area (Å²) in [6.45, 7) is 9.96. The molecule has 0 aliphatic rings. The Morgan fingerprint density at radius 3 is 2.67 bits per heavy atom. The third-order valence-corrected chi connectivity index (χ3v) is 2.17. The van der Waals surface area contributed by atoms with Gasteiger partial charge in [0.1, 0.15) is 0 Å². The Labute approximate surface area is 93.0 Å². The van der Waals surface area contributed by atoms with Gasteiger partial charge in [-0.25, -0.2) is 4.79 Å². The predicted molar refractivity (Wildman–Crippen MR) is 63.7 cm³/mol. The van der Waals surface area contributed by atoms with E-state index < -0.39 is 0 Å². The molecule has 0 atom stereocenters. The molecule has 0 aliphatic heterocycles. The van der Waals surface area contributed by atoms with E-state index in [1.54, 1.807) is 6.08 Å². The van der Waals surface area contributed by atoms with Crippen LogP contribution < -0.4 is 0 Å². The van der Waals surface area contributed by atoms with E-state index in [0.29, 0.717) is 18.6 Å². The molecule has 0 aromatic rings. The van der Waals surface area contributed by atoms with Gasteiger partial charge in [0.05, 0.1) is 6.61 Å². The molecule has 0 heterocycles. The largest absolute Gasteiger partial charge is 0.462 e. The smallest absolute Gasteiger partial charge is 0.333 e. The highest BCUT2D eigenvalue weighted by atomic mass is 16.5. The average molecular weight is 210 g/mol. The number of esters is 1. The van der Waals surface area contributed by atoms with Gasteiger partial charge in [-0.2, -0.15) is 0 Å². The van der Waals surface area contributed by atoms with Crippen LogP contribution in [0.1, 0.15) is 45.4 Å². The Kier molecular flexibility index (Phi) is 8.84. The highest BCUT2D eigenvalue weighted by Gasteiger charge is 2.06. The normalized spacial score (nSPS) is 9.67. The molecular weight excluding hydrogens is 188 g/mol. The van der Waals surface area contributed by atoms with Crippen molar-refractivity contribution in [1.29, 1.82) is 0 Å². The third kappa shape index (κ3) is 7.98. The standard InChI is InChI=1S/C13H22O2/c1-4-6-8-9-11-15-13(14)12(3)10-7-5-2/h5H,2-4,6-11H2,1H3. The fourth-order valence-corrected chi connectivity index (χ4v) is 1.17. The van der Waals surface area contributed by atoms with Crippen LogP contribution in [0.2, 0.25) is 0 Å². The van der Waals surface area contributed by atoms with E-state index in [9.17, 15) is 4.79 Å². The SMILES string of the molecule is C=CCCC(=C)C(=O)OCCCCCC. The molecular formula is C13H22O2. The molecule has 0 aromatic carbocycles. The van der Waals surface area contributed by atoms with Gasteiger partial charge in [0, 0.05) is 5.57 Å². The quantitative estimate of drug-likeness (QED) is 0.251. The minimum atomic E-state index is -0.256. The van der Waals surface area contributed by atoms with Crippen molar-refractivity contribution in [1.82, 2.24) is 0 Å². The molecule has 0 aliphatic carbocycles.